The molecule has 148 valence electrons. The lowest BCUT2D eigenvalue weighted by atomic mass is 10.0. The number of thioether (sulfide) groups is 1. The molecule has 8 heteroatoms. The lowest BCUT2D eigenvalue weighted by Crippen LogP contribution is -1.96. The number of nitrogens with zero attached hydrogens (tertiary/aromatic N) is 1. The smallest absolute Gasteiger partial charge is 0.203 e. The van der Waals surface area contributed by atoms with E-state index >= 15 is 0 Å². The van der Waals surface area contributed by atoms with Crippen LogP contribution >= 0.6 is 27.7 Å². The first-order valence-electron chi connectivity index (χ1n) is 8.23. The van der Waals surface area contributed by atoms with Crippen molar-refractivity contribution in [3.05, 3.63) is 35.1 Å². The van der Waals surface area contributed by atoms with Gasteiger partial charge in [-0.1, -0.05) is 0 Å². The molecule has 1 heterocycles. The Bertz CT molecular complexity index is 964. The van der Waals surface area contributed by atoms with Crippen LogP contribution in [0.1, 0.15) is 0 Å². The third-order valence-electron chi connectivity index (χ3n) is 4.20. The second-order valence-electron chi connectivity index (χ2n) is 5.64. The maximum Gasteiger partial charge on any atom is 0.203 e. The minimum atomic E-state index is 0.521. The van der Waals surface area contributed by atoms with Gasteiger partial charge in [-0.3, -0.25) is 0 Å². The van der Waals surface area contributed by atoms with Crippen LogP contribution in [0.5, 0.6) is 23.0 Å². The number of hydrogen-bond donors (Lipinski definition) is 0. The van der Waals surface area contributed by atoms with Crippen molar-refractivity contribution in [2.24, 2.45) is 0 Å². The summed E-state index contributed by atoms with van der Waals surface area (Å²) in [5.41, 5.74) is 2.27. The maximum atomic E-state index is 5.73. The highest BCUT2D eigenvalue weighted by molar-refractivity contribution is 9.10. The summed E-state index contributed by atoms with van der Waals surface area (Å²) in [5.74, 6) is 2.97. The van der Waals surface area contributed by atoms with Crippen LogP contribution in [-0.4, -0.2) is 39.7 Å². The molecule has 0 aliphatic carbocycles. The number of benzene rings is 2. The fourth-order valence-electron chi connectivity index (χ4n) is 2.92. The van der Waals surface area contributed by atoms with E-state index in [0.717, 1.165) is 26.2 Å². The molecule has 0 saturated heterocycles. The average molecular weight is 466 g/mol. The predicted octanol–water partition coefficient (Wildman–Crippen LogP) is 5.53. The summed E-state index contributed by atoms with van der Waals surface area (Å²) >= 11 is 5.21. The van der Waals surface area contributed by atoms with E-state index in [1.807, 2.05) is 30.5 Å². The Hall–Kier alpha value is -2.32. The Kier molecular flexibility index (Phi) is 6.41. The van der Waals surface area contributed by atoms with Gasteiger partial charge >= 0.3 is 0 Å². The molecule has 3 rings (SSSR count). The van der Waals surface area contributed by atoms with Gasteiger partial charge < -0.3 is 23.4 Å². The van der Waals surface area contributed by atoms with Crippen LogP contribution in [0.4, 0.5) is 0 Å². The first-order chi connectivity index (χ1) is 13.6. The molecule has 0 saturated carbocycles. The fourth-order valence-corrected chi connectivity index (χ4v) is 4.45. The summed E-state index contributed by atoms with van der Waals surface area (Å²) in [6.07, 6.45) is 3.41. The minimum absolute atomic E-state index is 0.521. The van der Waals surface area contributed by atoms with Gasteiger partial charge in [0.05, 0.1) is 33.3 Å². The third kappa shape index (κ3) is 3.66. The van der Waals surface area contributed by atoms with Gasteiger partial charge in [-0.25, -0.2) is 4.98 Å². The van der Waals surface area contributed by atoms with E-state index in [1.54, 1.807) is 40.2 Å². The number of aromatic nitrogens is 1. The van der Waals surface area contributed by atoms with Crippen LogP contribution in [0.15, 0.2) is 44.4 Å². The van der Waals surface area contributed by atoms with Gasteiger partial charge in [-0.05, 0) is 46.5 Å². The van der Waals surface area contributed by atoms with Crippen LogP contribution < -0.4 is 18.9 Å². The summed E-state index contributed by atoms with van der Waals surface area (Å²) in [7, 11) is 6.37. The van der Waals surface area contributed by atoms with Crippen molar-refractivity contribution in [1.82, 2.24) is 4.98 Å². The Balaban J connectivity index is 2.17. The molecule has 0 radical (unpaired) electrons. The van der Waals surface area contributed by atoms with Gasteiger partial charge in [0, 0.05) is 15.6 Å². The highest BCUT2D eigenvalue weighted by atomic mass is 79.9. The summed E-state index contributed by atoms with van der Waals surface area (Å²) in [5, 5.41) is 0. The van der Waals surface area contributed by atoms with Gasteiger partial charge in [0.15, 0.2) is 23.7 Å². The van der Waals surface area contributed by atoms with Gasteiger partial charge in [0.25, 0.3) is 0 Å². The maximum absolute atomic E-state index is 5.73. The van der Waals surface area contributed by atoms with E-state index in [4.69, 9.17) is 23.4 Å². The van der Waals surface area contributed by atoms with Crippen LogP contribution in [-0.2, 0) is 0 Å². The van der Waals surface area contributed by atoms with Crippen LogP contribution in [0.2, 0.25) is 0 Å². The van der Waals surface area contributed by atoms with Crippen molar-refractivity contribution in [2.45, 2.75) is 4.90 Å². The summed E-state index contributed by atoms with van der Waals surface area (Å²) in [6, 6.07) is 7.59. The van der Waals surface area contributed by atoms with Gasteiger partial charge in [0.1, 0.15) is 11.4 Å². The normalized spacial score (nSPS) is 10.6. The monoisotopic (exact) mass is 465 g/mol. The van der Waals surface area contributed by atoms with Crippen LogP contribution in [0.25, 0.3) is 22.6 Å². The molecule has 1 aromatic heterocycles. The molecule has 0 unspecified atom stereocenters. The van der Waals surface area contributed by atoms with E-state index in [9.17, 15) is 0 Å². The molecule has 0 aliphatic heterocycles. The molecule has 6 nitrogen and oxygen atoms in total. The van der Waals surface area contributed by atoms with Crippen molar-refractivity contribution in [1.29, 1.82) is 0 Å². The Morgan fingerprint density at radius 1 is 0.857 bits per heavy atom. The van der Waals surface area contributed by atoms with Crippen molar-refractivity contribution in [3.8, 4) is 45.6 Å². The Labute approximate surface area is 176 Å². The molecule has 2 aromatic carbocycles. The molecule has 0 amide bonds. The SMILES string of the molecule is COc1cc(-c2ncoc2-c2cc(Br)c(SC)c(OC)c2)cc(OC)c1OC. The van der Waals surface area contributed by atoms with Crippen molar-refractivity contribution < 1.29 is 23.4 Å². The van der Waals surface area contributed by atoms with Crippen LogP contribution in [0.3, 0.4) is 0 Å². The third-order valence-corrected chi connectivity index (χ3v) is 5.92. The Morgan fingerprint density at radius 2 is 1.46 bits per heavy atom. The van der Waals surface area contributed by atoms with Gasteiger partial charge in [-0.2, -0.15) is 0 Å². The minimum Gasteiger partial charge on any atom is -0.496 e. The van der Waals surface area contributed by atoms with E-state index in [-0.39, 0.29) is 0 Å². The number of rotatable bonds is 7. The zero-order chi connectivity index (χ0) is 20.3. The number of methoxy groups -OCH3 is 4. The topological polar surface area (TPSA) is 63.0 Å². The molecular formula is C20H20BrNO5S. The van der Waals surface area contributed by atoms with E-state index < -0.39 is 0 Å². The number of oxazole rings is 1. The van der Waals surface area contributed by atoms with Crippen LogP contribution in [0, 0.1) is 0 Å². The van der Waals surface area contributed by atoms with Gasteiger partial charge in [0.2, 0.25) is 5.75 Å². The summed E-state index contributed by atoms with van der Waals surface area (Å²) in [6.45, 7) is 0. The van der Waals surface area contributed by atoms with Crippen molar-refractivity contribution >= 4 is 27.7 Å². The van der Waals surface area contributed by atoms with E-state index in [2.05, 4.69) is 20.9 Å². The standard InChI is InChI=1S/C20H20BrNO5S/c1-23-14-7-11(8-15(24-2)19(14)26-4)17-18(27-10-22-17)12-6-13(21)20(28-5)16(9-12)25-3/h6-10H,1-5H3. The van der Waals surface area contributed by atoms with Crippen molar-refractivity contribution in [2.75, 3.05) is 34.7 Å². The highest BCUT2D eigenvalue weighted by Crippen LogP contribution is 2.44. The lowest BCUT2D eigenvalue weighted by molar-refractivity contribution is 0.324. The molecule has 0 fully saturated rings. The second kappa shape index (κ2) is 8.79. The zero-order valence-corrected chi connectivity index (χ0v) is 18.6. The highest BCUT2D eigenvalue weighted by Gasteiger charge is 2.21. The quantitative estimate of drug-likeness (QED) is 0.425. The zero-order valence-electron chi connectivity index (χ0n) is 16.2. The average Bonchev–Trinajstić information content (AvgIpc) is 3.21. The molecule has 0 aliphatic rings. The number of hydrogen-bond acceptors (Lipinski definition) is 7. The number of ether oxygens (including phenoxy) is 4. The summed E-state index contributed by atoms with van der Waals surface area (Å²) in [4.78, 5) is 5.43. The molecule has 0 spiro atoms. The first-order valence-corrected chi connectivity index (χ1v) is 10.2. The lowest BCUT2D eigenvalue weighted by Gasteiger charge is -2.14. The molecule has 3 aromatic rings. The molecule has 0 atom stereocenters. The second-order valence-corrected chi connectivity index (χ2v) is 7.31. The molecule has 0 bridgehead atoms. The first kappa shape index (κ1) is 20.4. The fraction of sp³-hybridized carbons (Fsp3) is 0.250. The van der Waals surface area contributed by atoms with Crippen molar-refractivity contribution in [3.63, 3.8) is 0 Å². The molecule has 28 heavy (non-hydrogen) atoms. The molecular weight excluding hydrogens is 446 g/mol. The Morgan fingerprint density at radius 3 is 2.00 bits per heavy atom. The van der Waals surface area contributed by atoms with E-state index in [1.165, 1.54) is 6.39 Å². The largest absolute Gasteiger partial charge is 0.496 e. The van der Waals surface area contributed by atoms with E-state index in [0.29, 0.717) is 28.7 Å². The summed E-state index contributed by atoms with van der Waals surface area (Å²) < 4.78 is 28.5. The van der Waals surface area contributed by atoms with Gasteiger partial charge in [-0.15, -0.1) is 11.8 Å². The number of halogens is 1. The predicted molar refractivity (Wildman–Crippen MR) is 113 cm³/mol. The molecule has 0 N–H and O–H groups in total.